The van der Waals surface area contributed by atoms with Gasteiger partial charge in [-0.25, -0.2) is 9.48 Å². The molecule has 0 aliphatic rings. The molecule has 2 heterocycles. The number of benzene rings is 5. The lowest BCUT2D eigenvalue weighted by Crippen LogP contribution is -2.22. The summed E-state index contributed by atoms with van der Waals surface area (Å²) in [6.45, 7) is 4.09. The van der Waals surface area contributed by atoms with E-state index < -0.39 is 5.97 Å². The van der Waals surface area contributed by atoms with Gasteiger partial charge in [-0.15, -0.1) is 5.10 Å². The lowest BCUT2D eigenvalue weighted by atomic mass is 10.1. The first-order valence-electron chi connectivity index (χ1n) is 18.4. The third-order valence-electron chi connectivity index (χ3n) is 9.03. The Morgan fingerprint density at radius 3 is 2.16 bits per heavy atom. The molecule has 0 amide bonds. The predicted octanol–water partition coefficient (Wildman–Crippen LogP) is 7.72. The molecule has 7 aromatic rings. The second-order valence-corrected chi connectivity index (χ2v) is 13.1. The molecule has 0 aliphatic carbocycles. The number of hydrogen-bond acceptors (Lipinski definition) is 10. The van der Waals surface area contributed by atoms with Crippen LogP contribution >= 0.6 is 0 Å². The Morgan fingerprint density at radius 1 is 0.732 bits per heavy atom. The van der Waals surface area contributed by atoms with E-state index in [1.807, 2.05) is 54.7 Å². The highest BCUT2D eigenvalue weighted by molar-refractivity contribution is 5.89. The van der Waals surface area contributed by atoms with E-state index in [9.17, 15) is 9.59 Å². The summed E-state index contributed by atoms with van der Waals surface area (Å²) >= 11 is 0. The third-order valence-corrected chi connectivity index (χ3v) is 9.03. The van der Waals surface area contributed by atoms with Crippen LogP contribution in [0.4, 0.5) is 0 Å². The summed E-state index contributed by atoms with van der Waals surface area (Å²) in [5.74, 6) is 0.554. The normalized spacial score (nSPS) is 11.2. The van der Waals surface area contributed by atoms with Crippen LogP contribution in [-0.4, -0.2) is 52.8 Å². The monoisotopic (exact) mass is 750 g/mol. The van der Waals surface area contributed by atoms with Gasteiger partial charge in [0.1, 0.15) is 24.5 Å². The Bertz CT molecular complexity index is 2350. The summed E-state index contributed by atoms with van der Waals surface area (Å²) in [5.41, 5.74) is 5.28. The molecule has 0 bridgehead atoms. The number of carbonyl (C=O) groups excluding carboxylic acids is 1. The zero-order valence-corrected chi connectivity index (χ0v) is 31.1. The van der Waals surface area contributed by atoms with Crippen LogP contribution in [0.5, 0.6) is 11.5 Å². The molecule has 0 aliphatic heterocycles. The Labute approximate surface area is 324 Å². The quantitative estimate of drug-likeness (QED) is 0.0638. The highest BCUT2D eigenvalue weighted by atomic mass is 16.5. The molecular weight excluding hydrogens is 709 g/mol. The number of ether oxygens (including phenoxy) is 4. The lowest BCUT2D eigenvalue weighted by Gasteiger charge is -2.21. The summed E-state index contributed by atoms with van der Waals surface area (Å²) in [5, 5.41) is 9.16. The number of nitrogens with zero attached hydrogens (tertiary/aromatic N) is 4. The van der Waals surface area contributed by atoms with E-state index >= 15 is 0 Å². The Morgan fingerprint density at radius 2 is 1.43 bits per heavy atom. The van der Waals surface area contributed by atoms with E-state index in [0.717, 1.165) is 18.8 Å². The number of fused-ring (bicyclic) bond motifs is 1. The molecule has 0 saturated heterocycles. The number of hydrogen-bond donors (Lipinski definition) is 0. The lowest BCUT2D eigenvalue weighted by molar-refractivity contribution is 0.0600. The van der Waals surface area contributed by atoms with Gasteiger partial charge in [-0.05, 0) is 65.2 Å². The van der Waals surface area contributed by atoms with E-state index in [2.05, 4.69) is 63.7 Å². The first-order valence-corrected chi connectivity index (χ1v) is 18.4. The Hall–Kier alpha value is -6.56. The zero-order chi connectivity index (χ0) is 38.5. The largest absolute Gasteiger partial charge is 0.491 e. The average molecular weight is 751 g/mol. The molecule has 0 unspecified atom stereocenters. The maximum atomic E-state index is 13.6. The van der Waals surface area contributed by atoms with Gasteiger partial charge in [-0.2, -0.15) is 0 Å². The molecule has 0 fully saturated rings. The molecular formula is C45H42N4O7. The van der Waals surface area contributed by atoms with Crippen LogP contribution in [-0.2, 0) is 42.3 Å². The molecule has 0 N–H and O–H groups in total. The predicted molar refractivity (Wildman–Crippen MR) is 212 cm³/mol. The van der Waals surface area contributed by atoms with Crippen LogP contribution in [0, 0.1) is 0 Å². The van der Waals surface area contributed by atoms with Crippen LogP contribution in [0.3, 0.4) is 0 Å². The second kappa shape index (κ2) is 18.7. The van der Waals surface area contributed by atoms with Crippen molar-refractivity contribution in [3.05, 3.63) is 178 Å². The average Bonchev–Trinajstić information content (AvgIpc) is 3.69. The first kappa shape index (κ1) is 37.7. The fraction of sp³-hybridized carbons (Fsp3) is 0.200. The number of carbonyl (C=O) groups is 1. The fourth-order valence-electron chi connectivity index (χ4n) is 6.29. The van der Waals surface area contributed by atoms with Crippen molar-refractivity contribution in [2.24, 2.45) is 0 Å². The smallest absolute Gasteiger partial charge is 0.337 e. The summed E-state index contributed by atoms with van der Waals surface area (Å²) in [4.78, 5) is 28.0. The van der Waals surface area contributed by atoms with Gasteiger partial charge in [0.05, 0.1) is 43.5 Å². The minimum absolute atomic E-state index is 0.0440. The minimum Gasteiger partial charge on any atom is -0.491 e. The topological polar surface area (TPSA) is 118 Å². The van der Waals surface area contributed by atoms with Gasteiger partial charge in [0.25, 0.3) is 0 Å². The zero-order valence-electron chi connectivity index (χ0n) is 31.1. The molecule has 0 atom stereocenters. The molecule has 2 aromatic heterocycles. The molecule has 11 nitrogen and oxygen atoms in total. The van der Waals surface area contributed by atoms with Crippen molar-refractivity contribution in [3.63, 3.8) is 0 Å². The van der Waals surface area contributed by atoms with Crippen LogP contribution in [0.25, 0.3) is 22.3 Å². The Balaban J connectivity index is 0.911. The molecule has 56 heavy (non-hydrogen) atoms. The summed E-state index contributed by atoms with van der Waals surface area (Å²) < 4.78 is 30.7. The molecule has 11 heteroatoms. The van der Waals surface area contributed by atoms with Crippen LogP contribution < -0.4 is 14.9 Å². The van der Waals surface area contributed by atoms with Crippen molar-refractivity contribution in [1.82, 2.24) is 19.9 Å². The van der Waals surface area contributed by atoms with Gasteiger partial charge < -0.3 is 23.4 Å². The van der Waals surface area contributed by atoms with Gasteiger partial charge in [0.2, 0.25) is 11.2 Å². The summed E-state index contributed by atoms with van der Waals surface area (Å²) in [7, 11) is 1.33. The van der Waals surface area contributed by atoms with E-state index in [0.29, 0.717) is 72.1 Å². The fourth-order valence-corrected chi connectivity index (χ4v) is 6.29. The van der Waals surface area contributed by atoms with Gasteiger partial charge in [-0.3, -0.25) is 9.69 Å². The molecule has 7 rings (SSSR count). The molecule has 5 aromatic carbocycles. The number of methoxy groups -OCH3 is 1. The van der Waals surface area contributed by atoms with Gasteiger partial charge in [0.15, 0.2) is 5.76 Å². The molecule has 0 spiro atoms. The van der Waals surface area contributed by atoms with E-state index in [1.165, 1.54) is 18.2 Å². The van der Waals surface area contributed by atoms with Gasteiger partial charge >= 0.3 is 5.97 Å². The SMILES string of the molecule is COC(=O)c1cccc(COc2c(-c3ccc(OCCOCCn4cc(CN(Cc5ccccc5)Cc5ccccc5)nn4)cc3)oc3ccccc3c2=O)c1. The second-order valence-electron chi connectivity index (χ2n) is 13.1. The van der Waals surface area contributed by atoms with Crippen LogP contribution in [0.2, 0.25) is 0 Å². The van der Waals surface area contributed by atoms with Crippen molar-refractivity contribution < 1.29 is 28.2 Å². The number of rotatable bonds is 18. The highest BCUT2D eigenvalue weighted by Gasteiger charge is 2.19. The third kappa shape index (κ3) is 9.94. The molecule has 0 saturated carbocycles. The van der Waals surface area contributed by atoms with E-state index in [4.69, 9.17) is 23.4 Å². The first-order chi connectivity index (χ1) is 27.5. The van der Waals surface area contributed by atoms with Crippen LogP contribution in [0.1, 0.15) is 32.7 Å². The van der Waals surface area contributed by atoms with Crippen molar-refractivity contribution >= 4 is 16.9 Å². The number of esters is 1. The van der Waals surface area contributed by atoms with E-state index in [-0.39, 0.29) is 17.8 Å². The maximum absolute atomic E-state index is 13.6. The number of para-hydroxylation sites is 1. The van der Waals surface area contributed by atoms with Crippen molar-refractivity contribution in [2.45, 2.75) is 32.8 Å². The minimum atomic E-state index is -0.454. The summed E-state index contributed by atoms with van der Waals surface area (Å²) in [6.07, 6.45) is 1.97. The Kier molecular flexibility index (Phi) is 12.6. The molecule has 0 radical (unpaired) electrons. The maximum Gasteiger partial charge on any atom is 0.337 e. The van der Waals surface area contributed by atoms with Crippen molar-refractivity contribution in [3.8, 4) is 22.8 Å². The highest BCUT2D eigenvalue weighted by Crippen LogP contribution is 2.32. The standard InChI is InChI=1S/C45H42N4O7/c1-52-45(51)37-16-10-15-35(27-37)32-55-44-42(50)40-17-8-9-18-41(40)56-43(44)36-19-21-39(22-20-36)54-26-25-53-24-23-49-31-38(46-47-49)30-48(28-33-11-4-2-5-12-33)29-34-13-6-3-7-14-34/h2-22,27,31H,23-26,28-30,32H2,1H3. The van der Waals surface area contributed by atoms with Crippen molar-refractivity contribution in [1.29, 1.82) is 0 Å². The summed E-state index contributed by atoms with van der Waals surface area (Å²) in [6, 6.07) is 42.0. The number of aromatic nitrogens is 3. The van der Waals surface area contributed by atoms with E-state index in [1.54, 1.807) is 41.1 Å². The van der Waals surface area contributed by atoms with Gasteiger partial charge in [0, 0.05) is 31.4 Å². The van der Waals surface area contributed by atoms with Crippen molar-refractivity contribution in [2.75, 3.05) is 26.9 Å². The van der Waals surface area contributed by atoms with Gasteiger partial charge in [-0.1, -0.05) is 90.1 Å². The van der Waals surface area contributed by atoms with Crippen LogP contribution in [0.15, 0.2) is 149 Å². The molecule has 284 valence electrons.